The molecule has 0 bridgehead atoms. The lowest BCUT2D eigenvalue weighted by Gasteiger charge is -2.29. The SMILES string of the molecule is CCCNC(=O)C(C)N(CCc1ccccc1)C(=O)CCc1ccc(OC)c(OC)c1. The van der Waals surface area contributed by atoms with Crippen molar-refractivity contribution in [2.75, 3.05) is 27.3 Å². The number of hydrogen-bond acceptors (Lipinski definition) is 4. The number of ether oxygens (including phenoxy) is 2. The van der Waals surface area contributed by atoms with Crippen LogP contribution in [0.3, 0.4) is 0 Å². The van der Waals surface area contributed by atoms with E-state index in [1.165, 1.54) is 0 Å². The van der Waals surface area contributed by atoms with Crippen LogP contribution < -0.4 is 14.8 Å². The summed E-state index contributed by atoms with van der Waals surface area (Å²) in [6.45, 7) is 4.90. The maximum atomic E-state index is 13.1. The van der Waals surface area contributed by atoms with Crippen LogP contribution in [0.4, 0.5) is 0 Å². The highest BCUT2D eigenvalue weighted by Crippen LogP contribution is 2.28. The van der Waals surface area contributed by atoms with Gasteiger partial charge in [-0.25, -0.2) is 0 Å². The number of hydrogen-bond donors (Lipinski definition) is 1. The lowest BCUT2D eigenvalue weighted by Crippen LogP contribution is -2.49. The number of rotatable bonds is 12. The van der Waals surface area contributed by atoms with Gasteiger partial charge < -0.3 is 19.7 Å². The predicted octanol–water partition coefficient (Wildman–Crippen LogP) is 3.62. The van der Waals surface area contributed by atoms with Gasteiger partial charge in [0.05, 0.1) is 14.2 Å². The van der Waals surface area contributed by atoms with Gasteiger partial charge in [-0.2, -0.15) is 0 Å². The fourth-order valence-electron chi connectivity index (χ4n) is 3.40. The highest BCUT2D eigenvalue weighted by Gasteiger charge is 2.25. The monoisotopic (exact) mass is 426 g/mol. The quantitative estimate of drug-likeness (QED) is 0.563. The first kappa shape index (κ1) is 24.3. The van der Waals surface area contributed by atoms with E-state index in [1.807, 2.05) is 55.5 Å². The number of nitrogens with one attached hydrogen (secondary N) is 1. The zero-order chi connectivity index (χ0) is 22.6. The topological polar surface area (TPSA) is 67.9 Å². The van der Waals surface area contributed by atoms with E-state index in [-0.39, 0.29) is 11.8 Å². The predicted molar refractivity (Wildman–Crippen MR) is 122 cm³/mol. The molecule has 0 saturated heterocycles. The molecule has 0 aromatic heterocycles. The van der Waals surface area contributed by atoms with E-state index in [0.717, 1.165) is 17.5 Å². The van der Waals surface area contributed by atoms with Crippen LogP contribution in [0.15, 0.2) is 48.5 Å². The van der Waals surface area contributed by atoms with Gasteiger partial charge in [0.25, 0.3) is 0 Å². The number of methoxy groups -OCH3 is 2. The van der Waals surface area contributed by atoms with Crippen LogP contribution in [0, 0.1) is 0 Å². The molecule has 0 aliphatic carbocycles. The Labute approximate surface area is 185 Å². The molecule has 2 amide bonds. The summed E-state index contributed by atoms with van der Waals surface area (Å²) in [5, 5.41) is 2.90. The third-order valence-corrected chi connectivity index (χ3v) is 5.28. The summed E-state index contributed by atoms with van der Waals surface area (Å²) in [6.07, 6.45) is 2.43. The van der Waals surface area contributed by atoms with Crippen LogP contribution in [-0.2, 0) is 22.4 Å². The molecule has 0 saturated carbocycles. The summed E-state index contributed by atoms with van der Waals surface area (Å²) in [6, 6.07) is 15.1. The van der Waals surface area contributed by atoms with Gasteiger partial charge in [0.2, 0.25) is 11.8 Å². The maximum absolute atomic E-state index is 13.1. The summed E-state index contributed by atoms with van der Waals surface area (Å²) in [5.41, 5.74) is 2.12. The zero-order valence-electron chi connectivity index (χ0n) is 19.0. The molecule has 31 heavy (non-hydrogen) atoms. The Hall–Kier alpha value is -3.02. The van der Waals surface area contributed by atoms with E-state index in [1.54, 1.807) is 26.0 Å². The summed E-state index contributed by atoms with van der Waals surface area (Å²) in [4.78, 5) is 27.4. The molecule has 0 radical (unpaired) electrons. The molecule has 0 fully saturated rings. The molecule has 2 aromatic carbocycles. The average molecular weight is 427 g/mol. The minimum absolute atomic E-state index is 0.0372. The van der Waals surface area contributed by atoms with Crippen LogP contribution in [0.5, 0.6) is 11.5 Å². The third kappa shape index (κ3) is 7.31. The Bertz CT molecular complexity index is 839. The van der Waals surface area contributed by atoms with Crippen LogP contribution in [0.25, 0.3) is 0 Å². The number of nitrogens with zero attached hydrogens (tertiary/aromatic N) is 1. The molecule has 1 unspecified atom stereocenters. The van der Waals surface area contributed by atoms with Crippen molar-refractivity contribution in [2.45, 2.75) is 45.6 Å². The zero-order valence-corrected chi connectivity index (χ0v) is 19.0. The lowest BCUT2D eigenvalue weighted by atomic mass is 10.1. The lowest BCUT2D eigenvalue weighted by molar-refractivity contribution is -0.139. The Kier molecular flexibility index (Phi) is 9.88. The Balaban J connectivity index is 2.08. The van der Waals surface area contributed by atoms with Crippen molar-refractivity contribution in [1.29, 1.82) is 0 Å². The van der Waals surface area contributed by atoms with E-state index in [4.69, 9.17) is 9.47 Å². The molecule has 2 rings (SSSR count). The first-order chi connectivity index (χ1) is 15.0. The van der Waals surface area contributed by atoms with Gasteiger partial charge in [-0.05, 0) is 49.4 Å². The van der Waals surface area contributed by atoms with E-state index in [9.17, 15) is 9.59 Å². The second kappa shape index (κ2) is 12.6. The highest BCUT2D eigenvalue weighted by atomic mass is 16.5. The molecule has 6 heteroatoms. The third-order valence-electron chi connectivity index (χ3n) is 5.28. The number of aryl methyl sites for hydroxylation is 1. The van der Waals surface area contributed by atoms with Crippen LogP contribution in [0.1, 0.15) is 37.8 Å². The first-order valence-electron chi connectivity index (χ1n) is 10.8. The summed E-state index contributed by atoms with van der Waals surface area (Å²) < 4.78 is 10.6. The minimum Gasteiger partial charge on any atom is -0.493 e. The largest absolute Gasteiger partial charge is 0.493 e. The molecular weight excluding hydrogens is 392 g/mol. The van der Waals surface area contributed by atoms with E-state index >= 15 is 0 Å². The van der Waals surface area contributed by atoms with Gasteiger partial charge in [0.15, 0.2) is 11.5 Å². The standard InChI is InChI=1S/C25H34N2O4/c1-5-16-26-25(29)19(2)27(17-15-20-9-7-6-8-10-20)24(28)14-12-21-11-13-22(30-3)23(18-21)31-4/h6-11,13,18-19H,5,12,14-17H2,1-4H3,(H,26,29). The second-order valence-corrected chi connectivity index (χ2v) is 7.48. The molecule has 6 nitrogen and oxygen atoms in total. The molecular formula is C25H34N2O4. The molecule has 0 aliphatic heterocycles. The molecule has 1 atom stereocenters. The Morgan fingerprint density at radius 3 is 2.32 bits per heavy atom. The fraction of sp³-hybridized carbons (Fsp3) is 0.440. The van der Waals surface area contributed by atoms with Crippen molar-refractivity contribution in [1.82, 2.24) is 10.2 Å². The van der Waals surface area contributed by atoms with Crippen LogP contribution >= 0.6 is 0 Å². The Morgan fingerprint density at radius 2 is 1.68 bits per heavy atom. The van der Waals surface area contributed by atoms with Gasteiger partial charge in [0, 0.05) is 19.5 Å². The second-order valence-electron chi connectivity index (χ2n) is 7.48. The smallest absolute Gasteiger partial charge is 0.242 e. The molecule has 0 spiro atoms. The highest BCUT2D eigenvalue weighted by molar-refractivity contribution is 5.87. The van der Waals surface area contributed by atoms with Crippen molar-refractivity contribution in [2.24, 2.45) is 0 Å². The van der Waals surface area contributed by atoms with Crippen LogP contribution in [0.2, 0.25) is 0 Å². The number of benzene rings is 2. The fourth-order valence-corrected chi connectivity index (χ4v) is 3.40. The van der Waals surface area contributed by atoms with Gasteiger partial charge in [0.1, 0.15) is 6.04 Å². The Morgan fingerprint density at radius 1 is 0.968 bits per heavy atom. The first-order valence-corrected chi connectivity index (χ1v) is 10.8. The van der Waals surface area contributed by atoms with Crippen LogP contribution in [-0.4, -0.2) is 50.1 Å². The normalized spacial score (nSPS) is 11.5. The molecule has 168 valence electrons. The van der Waals surface area contributed by atoms with E-state index in [0.29, 0.717) is 43.9 Å². The van der Waals surface area contributed by atoms with Crippen molar-refractivity contribution in [3.63, 3.8) is 0 Å². The summed E-state index contributed by atoms with van der Waals surface area (Å²) >= 11 is 0. The van der Waals surface area contributed by atoms with Crippen molar-refractivity contribution < 1.29 is 19.1 Å². The summed E-state index contributed by atoms with van der Waals surface area (Å²) in [7, 11) is 3.19. The molecule has 2 aromatic rings. The molecule has 1 N–H and O–H groups in total. The van der Waals surface area contributed by atoms with Gasteiger partial charge >= 0.3 is 0 Å². The minimum atomic E-state index is -0.520. The van der Waals surface area contributed by atoms with Gasteiger partial charge in [-0.1, -0.05) is 43.3 Å². The van der Waals surface area contributed by atoms with Gasteiger partial charge in [-0.15, -0.1) is 0 Å². The number of carbonyl (C=O) groups is 2. The van der Waals surface area contributed by atoms with Crippen molar-refractivity contribution in [3.8, 4) is 11.5 Å². The van der Waals surface area contributed by atoms with Crippen molar-refractivity contribution >= 4 is 11.8 Å². The molecule has 0 heterocycles. The van der Waals surface area contributed by atoms with Crippen molar-refractivity contribution in [3.05, 3.63) is 59.7 Å². The number of carbonyl (C=O) groups excluding carboxylic acids is 2. The maximum Gasteiger partial charge on any atom is 0.242 e. The molecule has 0 aliphatic rings. The van der Waals surface area contributed by atoms with E-state index < -0.39 is 6.04 Å². The summed E-state index contributed by atoms with van der Waals surface area (Å²) in [5.74, 6) is 1.14. The number of amides is 2. The van der Waals surface area contributed by atoms with Gasteiger partial charge in [-0.3, -0.25) is 9.59 Å². The average Bonchev–Trinajstić information content (AvgIpc) is 2.81. The van der Waals surface area contributed by atoms with E-state index in [2.05, 4.69) is 5.32 Å².